The highest BCUT2D eigenvalue weighted by Gasteiger charge is 2.25. The minimum atomic E-state index is -4.36. The summed E-state index contributed by atoms with van der Waals surface area (Å²) in [5.41, 5.74) is -0.970. The van der Waals surface area contributed by atoms with E-state index in [0.717, 1.165) is 18.3 Å². The summed E-state index contributed by atoms with van der Waals surface area (Å²) in [6.45, 7) is 0. The predicted octanol–water partition coefficient (Wildman–Crippen LogP) is 1.19. The molecular formula is C10H7F2N3O4S. The molecule has 3 N–H and O–H groups in total. The largest absolute Gasteiger partial charge is 0.478 e. The zero-order valence-corrected chi connectivity index (χ0v) is 10.4. The summed E-state index contributed by atoms with van der Waals surface area (Å²) in [5, 5.41) is 13.4. The van der Waals surface area contributed by atoms with Crippen molar-refractivity contribution >= 4 is 21.7 Å². The number of anilines is 1. The molecule has 0 aliphatic heterocycles. The maximum absolute atomic E-state index is 13.0. The van der Waals surface area contributed by atoms with Gasteiger partial charge in [0.2, 0.25) is 0 Å². The van der Waals surface area contributed by atoms with Crippen molar-refractivity contribution in [3.63, 3.8) is 0 Å². The number of H-pyrrole nitrogens is 1. The van der Waals surface area contributed by atoms with Crippen LogP contribution < -0.4 is 4.72 Å². The first-order chi connectivity index (χ1) is 9.29. The molecule has 0 atom stereocenters. The van der Waals surface area contributed by atoms with E-state index in [1.807, 2.05) is 9.82 Å². The summed E-state index contributed by atoms with van der Waals surface area (Å²) in [5.74, 6) is -3.47. The molecule has 0 radical (unpaired) electrons. The first kappa shape index (κ1) is 13.9. The second kappa shape index (κ2) is 4.89. The lowest BCUT2D eigenvalue weighted by atomic mass is 10.3. The Morgan fingerprint density at radius 2 is 1.85 bits per heavy atom. The Hall–Kier alpha value is -2.49. The lowest BCUT2D eigenvalue weighted by molar-refractivity contribution is 0.0692. The van der Waals surface area contributed by atoms with Gasteiger partial charge in [0.15, 0.2) is 5.03 Å². The van der Waals surface area contributed by atoms with Gasteiger partial charge in [0.25, 0.3) is 10.0 Å². The Morgan fingerprint density at radius 1 is 1.25 bits per heavy atom. The van der Waals surface area contributed by atoms with E-state index < -0.39 is 38.2 Å². The van der Waals surface area contributed by atoms with Gasteiger partial charge in [0, 0.05) is 6.07 Å². The van der Waals surface area contributed by atoms with Gasteiger partial charge in [-0.05, 0) is 12.1 Å². The lowest BCUT2D eigenvalue weighted by Gasteiger charge is -2.07. The second-order valence-corrected chi connectivity index (χ2v) is 5.30. The van der Waals surface area contributed by atoms with Crippen molar-refractivity contribution in [3.05, 3.63) is 41.6 Å². The highest BCUT2D eigenvalue weighted by molar-refractivity contribution is 7.92. The van der Waals surface area contributed by atoms with Crippen LogP contribution in [-0.2, 0) is 10.0 Å². The maximum Gasteiger partial charge on any atom is 0.340 e. The van der Waals surface area contributed by atoms with Crippen molar-refractivity contribution < 1.29 is 27.1 Å². The summed E-state index contributed by atoms with van der Waals surface area (Å²) in [6.07, 6.45) is 0.809. The number of aromatic nitrogens is 2. The van der Waals surface area contributed by atoms with Crippen LogP contribution in [0, 0.1) is 11.6 Å². The summed E-state index contributed by atoms with van der Waals surface area (Å²) in [4.78, 5) is 10.8. The summed E-state index contributed by atoms with van der Waals surface area (Å²) < 4.78 is 51.6. The van der Waals surface area contributed by atoms with Crippen LogP contribution in [0.3, 0.4) is 0 Å². The van der Waals surface area contributed by atoms with Crippen LogP contribution in [-0.4, -0.2) is 29.7 Å². The number of nitrogens with one attached hydrogen (secondary N) is 2. The van der Waals surface area contributed by atoms with Gasteiger partial charge in [-0.3, -0.25) is 9.82 Å². The molecule has 106 valence electrons. The third kappa shape index (κ3) is 2.74. The molecule has 0 saturated heterocycles. The molecule has 0 amide bonds. The molecule has 0 bridgehead atoms. The predicted molar refractivity (Wildman–Crippen MR) is 62.7 cm³/mol. The number of rotatable bonds is 4. The van der Waals surface area contributed by atoms with Gasteiger partial charge < -0.3 is 5.11 Å². The zero-order valence-electron chi connectivity index (χ0n) is 9.59. The fourth-order valence-corrected chi connectivity index (χ4v) is 2.58. The van der Waals surface area contributed by atoms with Gasteiger partial charge in [-0.2, -0.15) is 13.5 Å². The molecule has 20 heavy (non-hydrogen) atoms. The number of benzene rings is 1. The van der Waals surface area contributed by atoms with E-state index in [1.165, 1.54) is 0 Å². The number of nitrogens with zero attached hydrogens (tertiary/aromatic N) is 1. The molecule has 10 heteroatoms. The highest BCUT2D eigenvalue weighted by Crippen LogP contribution is 2.19. The van der Waals surface area contributed by atoms with Gasteiger partial charge >= 0.3 is 5.97 Å². The number of sulfonamides is 1. The maximum atomic E-state index is 13.0. The Kier molecular flexibility index (Phi) is 3.40. The van der Waals surface area contributed by atoms with Crippen molar-refractivity contribution in [2.45, 2.75) is 5.03 Å². The molecule has 1 heterocycles. The molecule has 0 saturated carbocycles. The molecule has 0 fully saturated rings. The summed E-state index contributed by atoms with van der Waals surface area (Å²) >= 11 is 0. The lowest BCUT2D eigenvalue weighted by Crippen LogP contribution is -2.17. The van der Waals surface area contributed by atoms with Crippen LogP contribution in [0.25, 0.3) is 0 Å². The average Bonchev–Trinajstić information content (AvgIpc) is 2.75. The molecule has 0 unspecified atom stereocenters. The second-order valence-electron chi connectivity index (χ2n) is 3.68. The van der Waals surface area contributed by atoms with Crippen molar-refractivity contribution in [1.29, 1.82) is 0 Å². The van der Waals surface area contributed by atoms with E-state index in [1.54, 1.807) is 0 Å². The minimum absolute atomic E-state index is 0.381. The molecule has 1 aromatic heterocycles. The van der Waals surface area contributed by atoms with Crippen LogP contribution in [0.15, 0.2) is 29.4 Å². The summed E-state index contributed by atoms with van der Waals surface area (Å²) in [6, 6.07) is 2.06. The number of hydrogen-bond acceptors (Lipinski definition) is 4. The molecule has 0 spiro atoms. The number of aromatic carboxylic acids is 1. The number of carboxylic acid groups (broad SMARTS) is 1. The van der Waals surface area contributed by atoms with E-state index >= 15 is 0 Å². The molecule has 2 rings (SSSR count). The number of halogens is 2. The van der Waals surface area contributed by atoms with E-state index in [-0.39, 0.29) is 5.69 Å². The third-order valence-electron chi connectivity index (χ3n) is 2.22. The number of carboxylic acids is 1. The average molecular weight is 303 g/mol. The molecule has 1 aromatic carbocycles. The van der Waals surface area contributed by atoms with Crippen LogP contribution in [0.1, 0.15) is 10.4 Å². The van der Waals surface area contributed by atoms with Crippen LogP contribution in [0.4, 0.5) is 14.5 Å². The Balaban J connectivity index is 2.41. The molecule has 7 nitrogen and oxygen atoms in total. The Labute approximate surface area is 111 Å². The van der Waals surface area contributed by atoms with Gasteiger partial charge in [0.05, 0.1) is 11.9 Å². The van der Waals surface area contributed by atoms with Crippen LogP contribution in [0.5, 0.6) is 0 Å². The minimum Gasteiger partial charge on any atom is -0.478 e. The quantitative estimate of drug-likeness (QED) is 0.785. The summed E-state index contributed by atoms with van der Waals surface area (Å²) in [7, 11) is -4.36. The molecule has 0 aliphatic rings. The topological polar surface area (TPSA) is 112 Å². The van der Waals surface area contributed by atoms with Gasteiger partial charge in [-0.25, -0.2) is 13.6 Å². The van der Waals surface area contributed by atoms with E-state index in [2.05, 4.69) is 5.10 Å². The van der Waals surface area contributed by atoms with Crippen LogP contribution in [0.2, 0.25) is 0 Å². The normalized spacial score (nSPS) is 11.3. The third-order valence-corrected chi connectivity index (χ3v) is 3.57. The van der Waals surface area contributed by atoms with Crippen molar-refractivity contribution in [3.8, 4) is 0 Å². The van der Waals surface area contributed by atoms with Gasteiger partial charge in [-0.15, -0.1) is 0 Å². The first-order valence-electron chi connectivity index (χ1n) is 5.05. The number of hydrogen-bond donors (Lipinski definition) is 3. The molecule has 2 aromatic rings. The smallest absolute Gasteiger partial charge is 0.340 e. The molecule has 0 aliphatic carbocycles. The highest BCUT2D eigenvalue weighted by atomic mass is 32.2. The fraction of sp³-hybridized carbons (Fsp3) is 0. The van der Waals surface area contributed by atoms with E-state index in [4.69, 9.17) is 5.11 Å². The van der Waals surface area contributed by atoms with Gasteiger partial charge in [0.1, 0.15) is 17.2 Å². The monoisotopic (exact) mass is 303 g/mol. The van der Waals surface area contributed by atoms with E-state index in [0.29, 0.717) is 6.07 Å². The van der Waals surface area contributed by atoms with Crippen molar-refractivity contribution in [2.75, 3.05) is 4.72 Å². The number of aromatic amines is 1. The Morgan fingerprint density at radius 3 is 2.40 bits per heavy atom. The SMILES string of the molecule is O=C(O)c1cn[nH]c1S(=O)(=O)Nc1cc(F)cc(F)c1. The van der Waals surface area contributed by atoms with Crippen molar-refractivity contribution in [2.24, 2.45) is 0 Å². The zero-order chi connectivity index (χ0) is 14.9. The molecular weight excluding hydrogens is 296 g/mol. The van der Waals surface area contributed by atoms with Crippen LogP contribution >= 0.6 is 0 Å². The first-order valence-corrected chi connectivity index (χ1v) is 6.53. The van der Waals surface area contributed by atoms with Gasteiger partial charge in [-0.1, -0.05) is 0 Å². The fourth-order valence-electron chi connectivity index (χ4n) is 1.45. The number of carbonyl (C=O) groups is 1. The van der Waals surface area contributed by atoms with Crippen molar-refractivity contribution in [1.82, 2.24) is 10.2 Å². The Bertz CT molecular complexity index is 752. The standard InChI is InChI=1S/C10H7F2N3O4S/c11-5-1-6(12)3-7(2-5)15-20(18,19)9-8(10(16)17)4-13-14-9/h1-4,15H,(H,13,14)(H,16,17). The van der Waals surface area contributed by atoms with E-state index in [9.17, 15) is 22.0 Å².